The number of rotatable bonds is 7. The van der Waals surface area contributed by atoms with Crippen LogP contribution in [0, 0.1) is 0 Å². The molecule has 1 saturated heterocycles. The molecule has 3 aromatic rings. The van der Waals surface area contributed by atoms with Crippen LogP contribution in [0.5, 0.6) is 0 Å². The number of aromatic nitrogens is 1. The van der Waals surface area contributed by atoms with Crippen LogP contribution in [0.25, 0.3) is 22.8 Å². The maximum atomic E-state index is 6.20. The number of aryl methyl sites for hydroxylation is 1. The number of hydrazone groups is 1. The van der Waals surface area contributed by atoms with E-state index in [-0.39, 0.29) is 0 Å². The summed E-state index contributed by atoms with van der Waals surface area (Å²) in [5, 5.41) is 8.46. The molecular formula is C32H36N6S. The van der Waals surface area contributed by atoms with Gasteiger partial charge in [0.15, 0.2) is 0 Å². The van der Waals surface area contributed by atoms with Gasteiger partial charge in [-0.2, -0.15) is 5.10 Å². The van der Waals surface area contributed by atoms with Crippen LogP contribution in [0.2, 0.25) is 0 Å². The number of fused-ring (bicyclic) bond motifs is 1. The highest BCUT2D eigenvalue weighted by atomic mass is 32.2. The second-order valence-corrected chi connectivity index (χ2v) is 11.1. The third-order valence-electron chi connectivity index (χ3n) is 7.60. The fourth-order valence-electron chi connectivity index (χ4n) is 5.47. The van der Waals surface area contributed by atoms with Gasteiger partial charge < -0.3 is 16.6 Å². The Labute approximate surface area is 235 Å². The van der Waals surface area contributed by atoms with E-state index in [1.807, 2.05) is 12.1 Å². The molecule has 2 aliphatic rings. The Balaban J connectivity index is 1.58. The molecule has 0 amide bonds. The number of hydrazine groups is 1. The zero-order chi connectivity index (χ0) is 27.4. The summed E-state index contributed by atoms with van der Waals surface area (Å²) in [5.41, 5.74) is 15.1. The standard InChI is InChI=1S/C32H36N6S/c1-4-26-28(14-16-35-32(26)33)24-11-13-30(37(3)38-18-6-5-7-19-38)31(20-24)39-25-12-10-23-9-8-22(2)27(15-17-36-34)29(23)21-25/h4,10-17,20-21H,1-2,5-9,18-19,34H2,3H3,(H2,33,35)/b27-15+,36-17-. The van der Waals surface area contributed by atoms with Crippen molar-refractivity contribution < 1.29 is 0 Å². The lowest BCUT2D eigenvalue weighted by Crippen LogP contribution is -2.43. The average Bonchev–Trinajstić information content (AvgIpc) is 2.96. The van der Waals surface area contributed by atoms with E-state index < -0.39 is 0 Å². The van der Waals surface area contributed by atoms with E-state index >= 15 is 0 Å². The molecule has 1 aliphatic carbocycles. The summed E-state index contributed by atoms with van der Waals surface area (Å²) in [6, 6.07) is 15.4. The second-order valence-electron chi connectivity index (χ2n) is 9.99. The van der Waals surface area contributed by atoms with E-state index in [2.05, 4.69) is 76.7 Å². The molecule has 0 radical (unpaired) electrons. The number of nitrogen functional groups attached to an aromatic ring is 1. The van der Waals surface area contributed by atoms with Crippen molar-refractivity contribution in [1.29, 1.82) is 0 Å². The van der Waals surface area contributed by atoms with Crippen molar-refractivity contribution in [3.05, 3.63) is 90.2 Å². The molecule has 0 bridgehead atoms. The predicted octanol–water partition coefficient (Wildman–Crippen LogP) is 6.79. The molecule has 200 valence electrons. The molecule has 0 spiro atoms. The largest absolute Gasteiger partial charge is 0.383 e. The Morgan fingerprint density at radius 1 is 1.05 bits per heavy atom. The van der Waals surface area contributed by atoms with Crippen LogP contribution >= 0.6 is 11.8 Å². The Kier molecular flexibility index (Phi) is 8.19. The SMILES string of the molecule is C=Cc1c(-c2ccc(N(C)N3CCCCC3)c(Sc3ccc4c(c3)/C(=C/C=N\N)C(=C)CC4)c2)ccnc1N. The van der Waals surface area contributed by atoms with Gasteiger partial charge in [0.25, 0.3) is 0 Å². The summed E-state index contributed by atoms with van der Waals surface area (Å²) >= 11 is 1.78. The monoisotopic (exact) mass is 536 g/mol. The van der Waals surface area contributed by atoms with Gasteiger partial charge >= 0.3 is 0 Å². The number of benzene rings is 2. The molecule has 6 nitrogen and oxygen atoms in total. The highest BCUT2D eigenvalue weighted by Gasteiger charge is 2.21. The minimum Gasteiger partial charge on any atom is -0.383 e. The lowest BCUT2D eigenvalue weighted by Gasteiger charge is -2.37. The normalized spacial score (nSPS) is 16.9. The number of hydrogen-bond donors (Lipinski definition) is 2. The van der Waals surface area contributed by atoms with E-state index in [9.17, 15) is 0 Å². The van der Waals surface area contributed by atoms with Gasteiger partial charge in [0, 0.05) is 47.9 Å². The van der Waals surface area contributed by atoms with Crippen molar-refractivity contribution >= 4 is 41.1 Å². The van der Waals surface area contributed by atoms with Crippen molar-refractivity contribution in [2.75, 3.05) is 30.9 Å². The Bertz CT molecular complexity index is 1450. The number of allylic oxidation sites excluding steroid dienone is 3. The first kappa shape index (κ1) is 26.8. The van der Waals surface area contributed by atoms with E-state index in [1.54, 1.807) is 30.2 Å². The first-order valence-corrected chi connectivity index (χ1v) is 14.2. The summed E-state index contributed by atoms with van der Waals surface area (Å²) < 4.78 is 0. The summed E-state index contributed by atoms with van der Waals surface area (Å²) in [5.74, 6) is 5.89. The molecule has 1 aromatic heterocycles. The number of hydrogen-bond acceptors (Lipinski definition) is 7. The van der Waals surface area contributed by atoms with Crippen molar-refractivity contribution in [3.8, 4) is 11.1 Å². The number of piperidine rings is 1. The minimum atomic E-state index is 0.487. The lowest BCUT2D eigenvalue weighted by molar-refractivity contribution is 0.219. The van der Waals surface area contributed by atoms with Crippen LogP contribution in [0.3, 0.4) is 0 Å². The number of anilines is 2. The highest BCUT2D eigenvalue weighted by molar-refractivity contribution is 7.99. The van der Waals surface area contributed by atoms with Gasteiger partial charge in [-0.25, -0.2) is 9.99 Å². The summed E-state index contributed by atoms with van der Waals surface area (Å²) in [6.45, 7) is 10.4. The van der Waals surface area contributed by atoms with Gasteiger partial charge in [-0.15, -0.1) is 0 Å². The van der Waals surface area contributed by atoms with Crippen molar-refractivity contribution in [2.24, 2.45) is 10.9 Å². The Hall–Kier alpha value is -3.81. The van der Waals surface area contributed by atoms with E-state index in [0.717, 1.165) is 53.8 Å². The molecule has 4 N–H and O–H groups in total. The fraction of sp³-hybridized carbons (Fsp3) is 0.250. The summed E-state index contributed by atoms with van der Waals surface area (Å²) in [4.78, 5) is 6.61. The molecule has 1 fully saturated rings. The molecule has 0 unspecified atom stereocenters. The fourth-order valence-corrected chi connectivity index (χ4v) is 6.52. The number of nitrogens with zero attached hydrogens (tertiary/aromatic N) is 4. The highest BCUT2D eigenvalue weighted by Crippen LogP contribution is 2.42. The van der Waals surface area contributed by atoms with Crippen LogP contribution in [0.15, 0.2) is 88.4 Å². The van der Waals surface area contributed by atoms with E-state index in [4.69, 9.17) is 11.6 Å². The summed E-state index contributed by atoms with van der Waals surface area (Å²) in [6.07, 6.45) is 12.8. The second kappa shape index (κ2) is 11.9. The molecule has 39 heavy (non-hydrogen) atoms. The molecule has 0 atom stereocenters. The smallest absolute Gasteiger partial charge is 0.131 e. The van der Waals surface area contributed by atoms with Crippen LogP contribution in [-0.2, 0) is 6.42 Å². The molecule has 5 rings (SSSR count). The quantitative estimate of drug-likeness (QED) is 0.196. The molecule has 1 aliphatic heterocycles. The van der Waals surface area contributed by atoms with Gasteiger partial charge in [-0.3, -0.25) is 0 Å². The average molecular weight is 537 g/mol. The van der Waals surface area contributed by atoms with Crippen LogP contribution in [0.1, 0.15) is 42.4 Å². The topological polar surface area (TPSA) is 83.8 Å². The predicted molar refractivity (Wildman–Crippen MR) is 167 cm³/mol. The maximum Gasteiger partial charge on any atom is 0.131 e. The first-order chi connectivity index (χ1) is 19.0. The minimum absolute atomic E-state index is 0.487. The lowest BCUT2D eigenvalue weighted by atomic mass is 9.84. The Morgan fingerprint density at radius 2 is 1.87 bits per heavy atom. The first-order valence-electron chi connectivity index (χ1n) is 13.4. The van der Waals surface area contributed by atoms with Gasteiger partial charge in [-0.1, -0.05) is 49.5 Å². The van der Waals surface area contributed by atoms with Gasteiger partial charge in [0.1, 0.15) is 5.82 Å². The van der Waals surface area contributed by atoms with Crippen LogP contribution < -0.4 is 16.6 Å². The van der Waals surface area contributed by atoms with Crippen molar-refractivity contribution in [3.63, 3.8) is 0 Å². The zero-order valence-electron chi connectivity index (χ0n) is 22.6. The third-order valence-corrected chi connectivity index (χ3v) is 8.64. The summed E-state index contributed by atoms with van der Waals surface area (Å²) in [7, 11) is 2.17. The van der Waals surface area contributed by atoms with Crippen LogP contribution in [-0.4, -0.2) is 36.3 Å². The van der Waals surface area contributed by atoms with Gasteiger partial charge in [0.05, 0.1) is 5.69 Å². The van der Waals surface area contributed by atoms with Gasteiger partial charge in [-0.05, 0) is 95.5 Å². The van der Waals surface area contributed by atoms with Crippen molar-refractivity contribution in [1.82, 2.24) is 9.99 Å². The number of pyridine rings is 1. The Morgan fingerprint density at radius 3 is 2.64 bits per heavy atom. The molecule has 7 heteroatoms. The third kappa shape index (κ3) is 5.65. The van der Waals surface area contributed by atoms with E-state index in [0.29, 0.717) is 5.82 Å². The molecule has 2 heterocycles. The van der Waals surface area contributed by atoms with Crippen molar-refractivity contribution in [2.45, 2.75) is 41.9 Å². The van der Waals surface area contributed by atoms with Crippen LogP contribution in [0.4, 0.5) is 11.5 Å². The molecule has 0 saturated carbocycles. The van der Waals surface area contributed by atoms with Gasteiger partial charge in [0.2, 0.25) is 0 Å². The molecular weight excluding hydrogens is 500 g/mol. The zero-order valence-corrected chi connectivity index (χ0v) is 23.4. The maximum absolute atomic E-state index is 6.20. The van der Waals surface area contributed by atoms with E-state index in [1.165, 1.54) is 45.9 Å². The molecule has 2 aromatic carbocycles. The number of nitrogens with two attached hydrogens (primary N) is 2.